The summed E-state index contributed by atoms with van der Waals surface area (Å²) < 4.78 is 18.0. The molecule has 1 fully saturated rings. The maximum absolute atomic E-state index is 12.9. The summed E-state index contributed by atoms with van der Waals surface area (Å²) >= 11 is 0. The Morgan fingerprint density at radius 1 is 1.59 bits per heavy atom. The van der Waals surface area contributed by atoms with Crippen LogP contribution in [0.25, 0.3) is 0 Å². The van der Waals surface area contributed by atoms with Crippen molar-refractivity contribution in [3.05, 3.63) is 35.6 Å². The number of hydrogen-bond donors (Lipinski definition) is 1. The first-order valence-electron chi connectivity index (χ1n) is 5.57. The van der Waals surface area contributed by atoms with Gasteiger partial charge in [-0.2, -0.15) is 0 Å². The molecule has 1 saturated heterocycles. The van der Waals surface area contributed by atoms with Crippen molar-refractivity contribution in [2.45, 2.75) is 19.1 Å². The molecule has 2 N–H and O–H groups in total. The van der Waals surface area contributed by atoms with Crippen LogP contribution in [0.2, 0.25) is 0 Å². The smallest absolute Gasteiger partial charge is 0.410 e. The van der Waals surface area contributed by atoms with Crippen molar-refractivity contribution in [2.24, 2.45) is 5.73 Å². The second-order valence-electron chi connectivity index (χ2n) is 4.18. The van der Waals surface area contributed by atoms with Gasteiger partial charge >= 0.3 is 6.09 Å². The number of likely N-dealkylation sites (tertiary alicyclic amines) is 1. The van der Waals surface area contributed by atoms with Crippen molar-refractivity contribution in [3.8, 4) is 0 Å². The van der Waals surface area contributed by atoms with E-state index < -0.39 is 0 Å². The minimum absolute atomic E-state index is 0.0386. The van der Waals surface area contributed by atoms with Crippen LogP contribution in [-0.4, -0.2) is 30.1 Å². The molecule has 1 heterocycles. The predicted molar refractivity (Wildman–Crippen MR) is 60.8 cm³/mol. The minimum atomic E-state index is -0.387. The van der Waals surface area contributed by atoms with E-state index in [0.717, 1.165) is 6.42 Å². The summed E-state index contributed by atoms with van der Waals surface area (Å²) in [5.74, 6) is -0.332. The molecule has 2 rings (SSSR count). The van der Waals surface area contributed by atoms with Gasteiger partial charge in [-0.1, -0.05) is 12.1 Å². The van der Waals surface area contributed by atoms with Gasteiger partial charge < -0.3 is 15.4 Å². The summed E-state index contributed by atoms with van der Waals surface area (Å²) in [5.41, 5.74) is 6.33. The highest BCUT2D eigenvalue weighted by Gasteiger charge is 2.24. The van der Waals surface area contributed by atoms with Gasteiger partial charge in [0.15, 0.2) is 0 Å². The summed E-state index contributed by atoms with van der Waals surface area (Å²) in [6.45, 7) is 1.24. The fourth-order valence-electron chi connectivity index (χ4n) is 1.82. The SMILES string of the molecule is NC1CCN(C(=O)OCc2cccc(F)c2)C1. The summed E-state index contributed by atoms with van der Waals surface area (Å²) in [6, 6.07) is 6.04. The lowest BCUT2D eigenvalue weighted by Gasteiger charge is -2.15. The third-order valence-electron chi connectivity index (χ3n) is 2.73. The lowest BCUT2D eigenvalue weighted by Crippen LogP contribution is -2.32. The molecule has 1 amide bonds. The molecular weight excluding hydrogens is 223 g/mol. The van der Waals surface area contributed by atoms with Crippen LogP contribution in [-0.2, 0) is 11.3 Å². The highest BCUT2D eigenvalue weighted by atomic mass is 19.1. The summed E-state index contributed by atoms with van der Waals surface area (Å²) in [4.78, 5) is 13.2. The third-order valence-corrected chi connectivity index (χ3v) is 2.73. The average Bonchev–Trinajstić information content (AvgIpc) is 2.73. The normalized spacial score (nSPS) is 19.4. The molecule has 0 spiro atoms. The van der Waals surface area contributed by atoms with Crippen LogP contribution in [0.4, 0.5) is 9.18 Å². The van der Waals surface area contributed by atoms with Crippen LogP contribution in [0.15, 0.2) is 24.3 Å². The van der Waals surface area contributed by atoms with E-state index >= 15 is 0 Å². The molecule has 92 valence electrons. The number of benzene rings is 1. The highest BCUT2D eigenvalue weighted by molar-refractivity contribution is 5.68. The lowest BCUT2D eigenvalue weighted by atomic mass is 10.2. The van der Waals surface area contributed by atoms with E-state index in [1.807, 2.05) is 0 Å². The van der Waals surface area contributed by atoms with Crippen LogP contribution in [0, 0.1) is 5.82 Å². The number of carbonyl (C=O) groups is 1. The molecule has 1 atom stereocenters. The Hall–Kier alpha value is -1.62. The highest BCUT2D eigenvalue weighted by Crippen LogP contribution is 2.10. The molecule has 17 heavy (non-hydrogen) atoms. The molecule has 1 aliphatic heterocycles. The molecule has 1 aliphatic rings. The fraction of sp³-hybridized carbons (Fsp3) is 0.417. The van der Waals surface area contributed by atoms with Crippen LogP contribution in [0.1, 0.15) is 12.0 Å². The number of nitrogens with two attached hydrogens (primary N) is 1. The maximum Gasteiger partial charge on any atom is 0.410 e. The van der Waals surface area contributed by atoms with Crippen molar-refractivity contribution < 1.29 is 13.9 Å². The Labute approximate surface area is 99.2 Å². The van der Waals surface area contributed by atoms with Crippen LogP contribution >= 0.6 is 0 Å². The van der Waals surface area contributed by atoms with Gasteiger partial charge in [0.25, 0.3) is 0 Å². The molecule has 5 heteroatoms. The molecule has 0 radical (unpaired) electrons. The second-order valence-corrected chi connectivity index (χ2v) is 4.18. The minimum Gasteiger partial charge on any atom is -0.445 e. The number of nitrogens with zero attached hydrogens (tertiary/aromatic N) is 1. The standard InChI is InChI=1S/C12H15FN2O2/c13-10-3-1-2-9(6-10)8-17-12(16)15-5-4-11(14)7-15/h1-3,6,11H,4-5,7-8,14H2. The van der Waals surface area contributed by atoms with E-state index in [4.69, 9.17) is 10.5 Å². The first-order valence-corrected chi connectivity index (χ1v) is 5.57. The second kappa shape index (κ2) is 5.14. The van der Waals surface area contributed by atoms with Crippen molar-refractivity contribution in [3.63, 3.8) is 0 Å². The molecule has 0 aliphatic carbocycles. The van der Waals surface area contributed by atoms with E-state index in [9.17, 15) is 9.18 Å². The quantitative estimate of drug-likeness (QED) is 0.849. The van der Waals surface area contributed by atoms with Gasteiger partial charge in [-0.15, -0.1) is 0 Å². The zero-order chi connectivity index (χ0) is 12.3. The molecule has 0 aromatic heterocycles. The zero-order valence-electron chi connectivity index (χ0n) is 9.43. The van der Waals surface area contributed by atoms with Gasteiger partial charge in [0.2, 0.25) is 0 Å². The predicted octanol–water partition coefficient (Wildman–Crippen LogP) is 1.50. The van der Waals surface area contributed by atoms with Crippen molar-refractivity contribution in [2.75, 3.05) is 13.1 Å². The summed E-state index contributed by atoms with van der Waals surface area (Å²) in [5, 5.41) is 0. The number of hydrogen-bond acceptors (Lipinski definition) is 3. The van der Waals surface area contributed by atoms with E-state index in [-0.39, 0.29) is 24.6 Å². The van der Waals surface area contributed by atoms with Crippen LogP contribution in [0.5, 0.6) is 0 Å². The van der Waals surface area contributed by atoms with Gasteiger partial charge in [0.1, 0.15) is 12.4 Å². The largest absolute Gasteiger partial charge is 0.445 e. The first-order chi connectivity index (χ1) is 8.15. The van der Waals surface area contributed by atoms with Gasteiger partial charge in [-0.05, 0) is 24.1 Å². The van der Waals surface area contributed by atoms with E-state index in [0.29, 0.717) is 18.7 Å². The lowest BCUT2D eigenvalue weighted by molar-refractivity contribution is 0.104. The van der Waals surface area contributed by atoms with Crippen molar-refractivity contribution in [1.29, 1.82) is 0 Å². The molecule has 1 unspecified atom stereocenters. The molecule has 1 aromatic carbocycles. The van der Waals surface area contributed by atoms with Crippen LogP contribution < -0.4 is 5.73 Å². The number of carbonyl (C=O) groups excluding carboxylic acids is 1. The van der Waals surface area contributed by atoms with E-state index in [1.54, 1.807) is 17.0 Å². The number of amides is 1. The maximum atomic E-state index is 12.9. The summed E-state index contributed by atoms with van der Waals surface area (Å²) in [6.07, 6.45) is 0.414. The number of halogens is 1. The van der Waals surface area contributed by atoms with Gasteiger partial charge in [-0.25, -0.2) is 9.18 Å². The third kappa shape index (κ3) is 3.17. The van der Waals surface area contributed by atoms with Crippen molar-refractivity contribution >= 4 is 6.09 Å². The Morgan fingerprint density at radius 3 is 3.06 bits per heavy atom. The Morgan fingerprint density at radius 2 is 2.41 bits per heavy atom. The molecule has 1 aromatic rings. The Bertz CT molecular complexity index is 411. The van der Waals surface area contributed by atoms with E-state index in [2.05, 4.69) is 0 Å². The first kappa shape index (κ1) is 11.9. The molecule has 0 bridgehead atoms. The molecule has 4 nitrogen and oxygen atoms in total. The molecule has 0 saturated carbocycles. The number of rotatable bonds is 2. The summed E-state index contributed by atoms with van der Waals surface area (Å²) in [7, 11) is 0. The van der Waals surface area contributed by atoms with Gasteiger partial charge in [-0.3, -0.25) is 0 Å². The topological polar surface area (TPSA) is 55.6 Å². The van der Waals surface area contributed by atoms with Gasteiger partial charge in [0.05, 0.1) is 0 Å². The van der Waals surface area contributed by atoms with E-state index in [1.165, 1.54) is 12.1 Å². The Kier molecular flexibility index (Phi) is 3.58. The molecular formula is C12H15FN2O2. The average molecular weight is 238 g/mol. The fourth-order valence-corrected chi connectivity index (χ4v) is 1.82. The number of ether oxygens (including phenoxy) is 1. The van der Waals surface area contributed by atoms with Gasteiger partial charge in [0, 0.05) is 19.1 Å². The van der Waals surface area contributed by atoms with Crippen molar-refractivity contribution in [1.82, 2.24) is 4.90 Å². The monoisotopic (exact) mass is 238 g/mol. The van der Waals surface area contributed by atoms with Crippen LogP contribution in [0.3, 0.4) is 0 Å². The Balaban J connectivity index is 1.84. The zero-order valence-corrected chi connectivity index (χ0v) is 9.43.